The summed E-state index contributed by atoms with van der Waals surface area (Å²) in [6, 6.07) is 0. The van der Waals surface area contributed by atoms with Crippen LogP contribution in [-0.2, 0) is 6.54 Å². The summed E-state index contributed by atoms with van der Waals surface area (Å²) in [5, 5.41) is 10.1. The first-order valence-corrected chi connectivity index (χ1v) is 5.37. The first-order chi connectivity index (χ1) is 7.09. The van der Waals surface area contributed by atoms with Crippen LogP contribution in [-0.4, -0.2) is 26.0 Å². The summed E-state index contributed by atoms with van der Waals surface area (Å²) < 4.78 is 1.75. The lowest BCUT2D eigenvalue weighted by Crippen LogP contribution is -2.38. The van der Waals surface area contributed by atoms with E-state index in [-0.39, 0.29) is 5.78 Å². The Bertz CT molecular complexity index is 340. The molecule has 1 aromatic rings. The van der Waals surface area contributed by atoms with Gasteiger partial charge in [-0.25, -0.2) is 4.98 Å². The molecule has 0 fully saturated rings. The minimum Gasteiger partial charge on any atom is -0.382 e. The van der Waals surface area contributed by atoms with Crippen LogP contribution < -0.4 is 0 Å². The molecular formula is C11H18N2O2. The van der Waals surface area contributed by atoms with Gasteiger partial charge >= 0.3 is 0 Å². The van der Waals surface area contributed by atoms with Crippen molar-refractivity contribution in [1.29, 1.82) is 0 Å². The van der Waals surface area contributed by atoms with Gasteiger partial charge in [0.25, 0.3) is 0 Å². The maximum absolute atomic E-state index is 12.0. The van der Waals surface area contributed by atoms with Crippen molar-refractivity contribution in [2.75, 3.05) is 0 Å². The third-order valence-corrected chi connectivity index (χ3v) is 2.85. The molecule has 0 bridgehead atoms. The molecule has 0 unspecified atom stereocenters. The summed E-state index contributed by atoms with van der Waals surface area (Å²) in [5.74, 6) is 0.0723. The van der Waals surface area contributed by atoms with E-state index in [1.165, 1.54) is 0 Å². The molecule has 1 rings (SSSR count). The van der Waals surface area contributed by atoms with Gasteiger partial charge in [0, 0.05) is 18.9 Å². The average Bonchev–Trinajstić information content (AvgIpc) is 2.74. The van der Waals surface area contributed by atoms with Gasteiger partial charge in [0.2, 0.25) is 5.78 Å². The lowest BCUT2D eigenvalue weighted by molar-refractivity contribution is 0.0263. The highest BCUT2D eigenvalue weighted by molar-refractivity contribution is 5.99. The van der Waals surface area contributed by atoms with E-state index >= 15 is 0 Å². The fraction of sp³-hybridized carbons (Fsp3) is 0.636. The molecule has 4 nitrogen and oxygen atoms in total. The molecule has 0 saturated heterocycles. The Morgan fingerprint density at radius 3 is 2.53 bits per heavy atom. The summed E-state index contributed by atoms with van der Waals surface area (Å²) in [4.78, 5) is 16.0. The van der Waals surface area contributed by atoms with Gasteiger partial charge in [-0.2, -0.15) is 0 Å². The summed E-state index contributed by atoms with van der Waals surface area (Å²) in [5.41, 5.74) is -1.27. The molecule has 0 aliphatic heterocycles. The van der Waals surface area contributed by atoms with Crippen molar-refractivity contribution in [3.8, 4) is 0 Å². The molecule has 0 aromatic carbocycles. The van der Waals surface area contributed by atoms with Crippen LogP contribution in [0.5, 0.6) is 0 Å². The molecule has 84 valence electrons. The Hall–Kier alpha value is -1.16. The molecule has 0 saturated carbocycles. The number of aromatic nitrogens is 2. The van der Waals surface area contributed by atoms with Gasteiger partial charge < -0.3 is 9.67 Å². The number of Topliss-reactive ketones (excluding diaryl/α,β-unsaturated/α-hetero) is 1. The Morgan fingerprint density at radius 2 is 2.07 bits per heavy atom. The van der Waals surface area contributed by atoms with Crippen LogP contribution in [0.15, 0.2) is 12.4 Å². The predicted molar refractivity (Wildman–Crippen MR) is 57.8 cm³/mol. The minimum atomic E-state index is -1.27. The molecule has 0 radical (unpaired) electrons. The molecular weight excluding hydrogens is 192 g/mol. The summed E-state index contributed by atoms with van der Waals surface area (Å²) >= 11 is 0. The third kappa shape index (κ3) is 2.09. The van der Waals surface area contributed by atoms with Crippen molar-refractivity contribution in [3.63, 3.8) is 0 Å². The van der Waals surface area contributed by atoms with Crippen LogP contribution in [0.2, 0.25) is 0 Å². The van der Waals surface area contributed by atoms with Gasteiger partial charge in [-0.15, -0.1) is 0 Å². The van der Waals surface area contributed by atoms with E-state index in [0.717, 1.165) is 0 Å². The Balaban J connectivity index is 3.03. The van der Waals surface area contributed by atoms with Crippen molar-refractivity contribution in [2.24, 2.45) is 0 Å². The smallest absolute Gasteiger partial charge is 0.229 e. The van der Waals surface area contributed by atoms with E-state index in [2.05, 4.69) is 4.98 Å². The van der Waals surface area contributed by atoms with Gasteiger partial charge in [0.05, 0.1) is 0 Å². The minimum absolute atomic E-state index is 0.278. The first-order valence-electron chi connectivity index (χ1n) is 5.37. The monoisotopic (exact) mass is 210 g/mol. The average molecular weight is 210 g/mol. The zero-order valence-electron chi connectivity index (χ0n) is 9.53. The second-order valence-corrected chi connectivity index (χ2v) is 3.60. The molecule has 1 heterocycles. The van der Waals surface area contributed by atoms with Crippen molar-refractivity contribution in [3.05, 3.63) is 18.2 Å². The molecule has 1 aromatic heterocycles. The zero-order chi connectivity index (χ0) is 11.5. The lowest BCUT2D eigenvalue weighted by Gasteiger charge is -2.23. The van der Waals surface area contributed by atoms with Crippen LogP contribution >= 0.6 is 0 Å². The molecule has 4 heteroatoms. The third-order valence-electron chi connectivity index (χ3n) is 2.85. The topological polar surface area (TPSA) is 55.1 Å². The van der Waals surface area contributed by atoms with E-state index in [1.54, 1.807) is 30.8 Å². The number of aliphatic hydroxyl groups is 1. The fourth-order valence-corrected chi connectivity index (χ4v) is 1.55. The van der Waals surface area contributed by atoms with E-state index in [4.69, 9.17) is 0 Å². The first kappa shape index (κ1) is 11.9. The quantitative estimate of drug-likeness (QED) is 0.751. The van der Waals surface area contributed by atoms with Gasteiger partial charge in [-0.3, -0.25) is 4.79 Å². The number of rotatable bonds is 5. The van der Waals surface area contributed by atoms with Crippen molar-refractivity contribution < 1.29 is 9.90 Å². The van der Waals surface area contributed by atoms with Crippen molar-refractivity contribution in [1.82, 2.24) is 9.55 Å². The molecule has 0 amide bonds. The van der Waals surface area contributed by atoms with E-state index in [0.29, 0.717) is 25.2 Å². The number of carbonyl (C=O) groups excluding carboxylic acids is 1. The number of nitrogens with zero attached hydrogens (tertiary/aromatic N) is 2. The van der Waals surface area contributed by atoms with E-state index in [1.807, 2.05) is 6.92 Å². The second kappa shape index (κ2) is 4.57. The SMILES string of the molecule is CCn1ccnc1C(=O)C(O)(CC)CC. The highest BCUT2D eigenvalue weighted by Crippen LogP contribution is 2.20. The maximum Gasteiger partial charge on any atom is 0.229 e. The summed E-state index contributed by atoms with van der Waals surface area (Å²) in [6.45, 7) is 6.24. The molecule has 15 heavy (non-hydrogen) atoms. The molecule has 0 spiro atoms. The molecule has 0 atom stereocenters. The zero-order valence-corrected chi connectivity index (χ0v) is 9.53. The lowest BCUT2D eigenvalue weighted by atomic mass is 9.92. The molecule has 1 N–H and O–H groups in total. The maximum atomic E-state index is 12.0. The largest absolute Gasteiger partial charge is 0.382 e. The van der Waals surface area contributed by atoms with Crippen LogP contribution in [0.3, 0.4) is 0 Å². The number of carbonyl (C=O) groups is 1. The van der Waals surface area contributed by atoms with Crippen LogP contribution in [0, 0.1) is 0 Å². The van der Waals surface area contributed by atoms with Crippen LogP contribution in [0.25, 0.3) is 0 Å². The molecule has 0 aliphatic rings. The molecule has 0 aliphatic carbocycles. The van der Waals surface area contributed by atoms with E-state index < -0.39 is 5.60 Å². The number of imidazole rings is 1. The number of aryl methyl sites for hydroxylation is 1. The highest BCUT2D eigenvalue weighted by atomic mass is 16.3. The Kier molecular flexibility index (Phi) is 3.63. The highest BCUT2D eigenvalue weighted by Gasteiger charge is 2.35. The second-order valence-electron chi connectivity index (χ2n) is 3.60. The van der Waals surface area contributed by atoms with Crippen LogP contribution in [0.4, 0.5) is 0 Å². The normalized spacial score (nSPS) is 11.7. The van der Waals surface area contributed by atoms with Crippen molar-refractivity contribution in [2.45, 2.75) is 45.8 Å². The summed E-state index contributed by atoms with van der Waals surface area (Å²) in [6.07, 6.45) is 4.17. The van der Waals surface area contributed by atoms with Crippen molar-refractivity contribution >= 4 is 5.78 Å². The summed E-state index contributed by atoms with van der Waals surface area (Å²) in [7, 11) is 0. The number of hydrogen-bond acceptors (Lipinski definition) is 3. The predicted octanol–water partition coefficient (Wildman–Crippen LogP) is 1.64. The van der Waals surface area contributed by atoms with Gasteiger partial charge in [-0.05, 0) is 19.8 Å². The van der Waals surface area contributed by atoms with Gasteiger partial charge in [-0.1, -0.05) is 13.8 Å². The standard InChI is InChI=1S/C11H18N2O2/c1-4-11(15,5-2)9(14)10-12-7-8-13(10)6-3/h7-8,15H,4-6H2,1-3H3. The number of ketones is 1. The van der Waals surface area contributed by atoms with Gasteiger partial charge in [0.15, 0.2) is 5.82 Å². The fourth-order valence-electron chi connectivity index (χ4n) is 1.55. The van der Waals surface area contributed by atoms with Gasteiger partial charge in [0.1, 0.15) is 5.60 Å². The Labute approximate surface area is 89.9 Å². The Morgan fingerprint density at radius 1 is 1.47 bits per heavy atom. The van der Waals surface area contributed by atoms with Crippen LogP contribution in [0.1, 0.15) is 44.2 Å². The van der Waals surface area contributed by atoms with E-state index in [9.17, 15) is 9.90 Å². The number of hydrogen-bond donors (Lipinski definition) is 1.